The molecule has 0 radical (unpaired) electrons. The fourth-order valence-corrected chi connectivity index (χ4v) is 4.35. The van der Waals surface area contributed by atoms with Crippen LogP contribution < -0.4 is 5.32 Å². The fraction of sp³-hybridized carbons (Fsp3) is 0.172. The molecule has 0 spiro atoms. The molecule has 0 bridgehead atoms. The zero-order valence-electron chi connectivity index (χ0n) is 18.4. The van der Waals surface area contributed by atoms with E-state index in [9.17, 15) is 9.59 Å². The van der Waals surface area contributed by atoms with Crippen molar-refractivity contribution in [3.63, 3.8) is 0 Å². The summed E-state index contributed by atoms with van der Waals surface area (Å²) in [5, 5.41) is 5.43. The summed E-state index contributed by atoms with van der Waals surface area (Å²) in [6.07, 6.45) is 1.46. The Morgan fingerprint density at radius 2 is 1.47 bits per heavy atom. The Morgan fingerprint density at radius 3 is 2.25 bits per heavy atom. The molecule has 0 aliphatic carbocycles. The van der Waals surface area contributed by atoms with E-state index in [-0.39, 0.29) is 17.7 Å². The number of hydrogen-bond donors (Lipinski definition) is 1. The van der Waals surface area contributed by atoms with E-state index in [1.165, 1.54) is 0 Å². The lowest BCUT2D eigenvalue weighted by molar-refractivity contribution is -0.118. The first-order chi connectivity index (χ1) is 15.6. The van der Waals surface area contributed by atoms with Crippen molar-refractivity contribution in [3.8, 4) is 0 Å². The molecule has 0 saturated heterocycles. The van der Waals surface area contributed by atoms with Crippen molar-refractivity contribution < 1.29 is 9.59 Å². The Labute approximate surface area is 189 Å². The molecule has 4 aromatic rings. The van der Waals surface area contributed by atoms with Gasteiger partial charge in [-0.15, -0.1) is 0 Å². The Hall–Kier alpha value is -3.72. The summed E-state index contributed by atoms with van der Waals surface area (Å²) in [6, 6.07) is 29.7. The van der Waals surface area contributed by atoms with Crippen LogP contribution in [0.2, 0.25) is 0 Å². The molecule has 3 heteroatoms. The van der Waals surface area contributed by atoms with E-state index in [0.717, 1.165) is 39.4 Å². The van der Waals surface area contributed by atoms with Crippen molar-refractivity contribution in [1.29, 1.82) is 0 Å². The first kappa shape index (κ1) is 21.5. The van der Waals surface area contributed by atoms with Crippen LogP contribution in [0.25, 0.3) is 10.8 Å². The first-order valence-corrected chi connectivity index (χ1v) is 11.0. The Morgan fingerprint density at radius 1 is 0.812 bits per heavy atom. The highest BCUT2D eigenvalue weighted by Gasteiger charge is 2.26. The molecule has 1 amide bonds. The summed E-state index contributed by atoms with van der Waals surface area (Å²) in [5.41, 5.74) is 4.42. The van der Waals surface area contributed by atoms with Gasteiger partial charge in [-0.05, 0) is 39.4 Å². The van der Waals surface area contributed by atoms with Crippen LogP contribution in [0.3, 0.4) is 0 Å². The number of aldehydes is 1. The number of nitrogens with one attached hydrogen (secondary N) is 1. The summed E-state index contributed by atoms with van der Waals surface area (Å²) in [7, 11) is 0. The third-order valence-corrected chi connectivity index (χ3v) is 5.95. The Kier molecular flexibility index (Phi) is 6.46. The number of carbonyl (C=O) groups is 2. The van der Waals surface area contributed by atoms with Crippen molar-refractivity contribution in [1.82, 2.24) is 0 Å². The lowest BCUT2D eigenvalue weighted by Gasteiger charge is -2.23. The molecule has 4 rings (SSSR count). The average Bonchev–Trinajstić information content (AvgIpc) is 2.81. The fourth-order valence-electron chi connectivity index (χ4n) is 4.35. The molecule has 1 N–H and O–H groups in total. The van der Waals surface area contributed by atoms with Crippen molar-refractivity contribution in [2.24, 2.45) is 5.92 Å². The highest BCUT2D eigenvalue weighted by Crippen LogP contribution is 2.32. The summed E-state index contributed by atoms with van der Waals surface area (Å²) < 4.78 is 0. The summed E-state index contributed by atoms with van der Waals surface area (Å²) in [4.78, 5) is 25.0. The molecule has 0 heterocycles. The van der Waals surface area contributed by atoms with Crippen LogP contribution >= 0.6 is 0 Å². The lowest BCUT2D eigenvalue weighted by atomic mass is 9.84. The maximum absolute atomic E-state index is 13.6. The van der Waals surface area contributed by atoms with Gasteiger partial charge in [0.05, 0.1) is 5.92 Å². The number of amides is 1. The molecule has 0 aliphatic heterocycles. The minimum absolute atomic E-state index is 0.0209. The third kappa shape index (κ3) is 4.47. The summed E-state index contributed by atoms with van der Waals surface area (Å²) in [6.45, 7) is 4.16. The quantitative estimate of drug-likeness (QED) is 0.341. The molecule has 0 saturated carbocycles. The van der Waals surface area contributed by atoms with Gasteiger partial charge in [0.1, 0.15) is 6.29 Å². The molecule has 3 nitrogen and oxygen atoms in total. The van der Waals surface area contributed by atoms with Gasteiger partial charge in [-0.2, -0.15) is 0 Å². The van der Waals surface area contributed by atoms with E-state index in [1.807, 2.05) is 66.7 Å². The highest BCUT2D eigenvalue weighted by molar-refractivity contribution is 6.00. The minimum Gasteiger partial charge on any atom is -0.325 e. The van der Waals surface area contributed by atoms with Gasteiger partial charge in [-0.3, -0.25) is 9.59 Å². The van der Waals surface area contributed by atoms with E-state index in [2.05, 4.69) is 43.4 Å². The minimum atomic E-state index is -0.281. The molecular weight excluding hydrogens is 394 g/mol. The Bertz CT molecular complexity index is 1250. The maximum atomic E-state index is 13.6. The van der Waals surface area contributed by atoms with Gasteiger partial charge in [0.25, 0.3) is 0 Å². The number of anilines is 1. The highest BCUT2D eigenvalue weighted by atomic mass is 16.2. The molecule has 1 atom stereocenters. The molecule has 1 unspecified atom stereocenters. The molecule has 0 aromatic heterocycles. The molecule has 0 fully saturated rings. The molecule has 0 aliphatic rings. The van der Waals surface area contributed by atoms with E-state index < -0.39 is 0 Å². The molecule has 160 valence electrons. The van der Waals surface area contributed by atoms with E-state index in [0.29, 0.717) is 12.0 Å². The van der Waals surface area contributed by atoms with Crippen LogP contribution in [-0.2, 0) is 11.2 Å². The van der Waals surface area contributed by atoms with Crippen LogP contribution in [-0.4, -0.2) is 12.2 Å². The number of fused-ring (bicyclic) bond motifs is 1. The van der Waals surface area contributed by atoms with Crippen LogP contribution in [0.4, 0.5) is 5.69 Å². The zero-order chi connectivity index (χ0) is 22.5. The van der Waals surface area contributed by atoms with Crippen LogP contribution in [0.5, 0.6) is 0 Å². The maximum Gasteiger partial charge on any atom is 0.232 e. The van der Waals surface area contributed by atoms with Crippen molar-refractivity contribution >= 4 is 28.7 Å². The monoisotopic (exact) mass is 421 g/mol. The van der Waals surface area contributed by atoms with E-state index in [1.54, 1.807) is 0 Å². The number of hydrogen-bond acceptors (Lipinski definition) is 2. The second kappa shape index (κ2) is 9.61. The smallest absolute Gasteiger partial charge is 0.232 e. The number of carbonyl (C=O) groups excluding carboxylic acids is 2. The van der Waals surface area contributed by atoms with Crippen LogP contribution in [0, 0.1) is 5.92 Å². The number of benzene rings is 4. The SMILES string of the molecule is CC(C)C(C(=O)Nc1ccccc1Cc1ccccc1C=O)c1cccc2ccccc12. The van der Waals surface area contributed by atoms with E-state index >= 15 is 0 Å². The predicted octanol–water partition coefficient (Wildman–Crippen LogP) is 6.62. The normalized spacial score (nSPS) is 12.0. The van der Waals surface area contributed by atoms with Crippen molar-refractivity contribution in [2.75, 3.05) is 5.32 Å². The van der Waals surface area contributed by atoms with Gasteiger partial charge in [-0.1, -0.05) is 98.8 Å². The van der Waals surface area contributed by atoms with E-state index in [4.69, 9.17) is 0 Å². The lowest BCUT2D eigenvalue weighted by Crippen LogP contribution is -2.26. The van der Waals surface area contributed by atoms with Gasteiger partial charge in [-0.25, -0.2) is 0 Å². The van der Waals surface area contributed by atoms with Gasteiger partial charge in [0, 0.05) is 17.7 Å². The molecular formula is C29H27NO2. The Balaban J connectivity index is 1.66. The van der Waals surface area contributed by atoms with Gasteiger partial charge in [0.2, 0.25) is 5.91 Å². The first-order valence-electron chi connectivity index (χ1n) is 11.0. The summed E-state index contributed by atoms with van der Waals surface area (Å²) in [5.74, 6) is -0.173. The van der Waals surface area contributed by atoms with Gasteiger partial charge in [0.15, 0.2) is 0 Å². The average molecular weight is 422 g/mol. The standard InChI is InChI=1S/C29H27NO2/c1-20(2)28(26-16-9-14-21-10-5-7-15-25(21)26)29(32)30-27-17-8-6-12-23(27)18-22-11-3-4-13-24(22)19-31/h3-17,19-20,28H,18H2,1-2H3,(H,30,32). The number of para-hydroxylation sites is 1. The van der Waals surface area contributed by atoms with Gasteiger partial charge >= 0.3 is 0 Å². The number of rotatable bonds is 7. The largest absolute Gasteiger partial charge is 0.325 e. The summed E-state index contributed by atoms with van der Waals surface area (Å²) >= 11 is 0. The molecule has 32 heavy (non-hydrogen) atoms. The van der Waals surface area contributed by atoms with Crippen LogP contribution in [0.1, 0.15) is 46.8 Å². The topological polar surface area (TPSA) is 46.2 Å². The van der Waals surface area contributed by atoms with Gasteiger partial charge < -0.3 is 5.32 Å². The van der Waals surface area contributed by atoms with Crippen LogP contribution in [0.15, 0.2) is 91.0 Å². The predicted molar refractivity (Wildman–Crippen MR) is 131 cm³/mol. The third-order valence-electron chi connectivity index (χ3n) is 5.95. The molecule has 4 aromatic carbocycles. The zero-order valence-corrected chi connectivity index (χ0v) is 18.4. The van der Waals surface area contributed by atoms with Crippen molar-refractivity contribution in [3.05, 3.63) is 113 Å². The second-order valence-electron chi connectivity index (χ2n) is 8.43. The second-order valence-corrected chi connectivity index (χ2v) is 8.43. The van der Waals surface area contributed by atoms with Crippen molar-refractivity contribution in [2.45, 2.75) is 26.2 Å².